The van der Waals surface area contributed by atoms with Crippen LogP contribution in [0.4, 0.5) is 5.69 Å². The molecule has 1 aliphatic rings. The molecule has 1 heterocycles. The minimum atomic E-state index is -0.407. The molecule has 136 valence electrons. The number of aryl methyl sites for hydroxylation is 1. The van der Waals surface area contributed by atoms with Gasteiger partial charge in [0.2, 0.25) is 0 Å². The highest BCUT2D eigenvalue weighted by atomic mass is 16.8. The quantitative estimate of drug-likeness (QED) is 0.807. The number of amides is 2. The van der Waals surface area contributed by atoms with Crippen LogP contribution in [0.1, 0.15) is 45.5 Å². The van der Waals surface area contributed by atoms with E-state index in [0.29, 0.717) is 23.4 Å². The number of hydroxylamine groups is 1. The maximum atomic E-state index is 12.3. The summed E-state index contributed by atoms with van der Waals surface area (Å²) < 4.78 is 5.41. The lowest BCUT2D eigenvalue weighted by Gasteiger charge is -2.22. The Kier molecular flexibility index (Phi) is 5.99. The van der Waals surface area contributed by atoms with Crippen molar-refractivity contribution in [2.24, 2.45) is 0 Å². The molecule has 0 bridgehead atoms. The molecule has 0 saturated carbocycles. The average Bonchev–Trinajstić information content (AvgIpc) is 2.69. The summed E-state index contributed by atoms with van der Waals surface area (Å²) in [5, 5.41) is 2.84. The molecule has 0 aromatic heterocycles. The Bertz CT molecular complexity index is 771. The lowest BCUT2D eigenvalue weighted by Crippen LogP contribution is -2.33. The summed E-state index contributed by atoms with van der Waals surface area (Å²) in [6.45, 7) is 2.51. The van der Waals surface area contributed by atoms with Crippen LogP contribution in [0.5, 0.6) is 0 Å². The summed E-state index contributed by atoms with van der Waals surface area (Å²) in [6, 6.07) is 14.0. The highest BCUT2D eigenvalue weighted by molar-refractivity contribution is 6.05. The van der Waals surface area contributed by atoms with Crippen LogP contribution in [-0.4, -0.2) is 24.7 Å². The Balaban J connectivity index is 1.64. The van der Waals surface area contributed by atoms with Crippen LogP contribution in [0.3, 0.4) is 0 Å². The number of rotatable bonds is 5. The standard InChI is InChI=1S/C20H22N2O4/c1-14-10-11-16(20(24)22-26-18-9-5-6-12-25-18)13-17(14)21-19(23)15-7-3-2-4-8-15/h2-4,7-8,10-11,13,18H,5-6,9,12H2,1H3,(H,21,23)(H,22,24). The van der Waals surface area contributed by atoms with E-state index >= 15 is 0 Å². The van der Waals surface area contributed by atoms with Crippen molar-refractivity contribution >= 4 is 17.5 Å². The van der Waals surface area contributed by atoms with E-state index in [1.807, 2.05) is 13.0 Å². The van der Waals surface area contributed by atoms with Gasteiger partial charge in [-0.1, -0.05) is 24.3 Å². The molecular weight excluding hydrogens is 332 g/mol. The van der Waals surface area contributed by atoms with Gasteiger partial charge < -0.3 is 10.1 Å². The Labute approximate surface area is 152 Å². The normalized spacial score (nSPS) is 16.7. The van der Waals surface area contributed by atoms with E-state index in [-0.39, 0.29) is 11.8 Å². The zero-order valence-corrected chi connectivity index (χ0v) is 14.7. The first kappa shape index (κ1) is 18.1. The number of hydrogen-bond donors (Lipinski definition) is 2. The molecule has 3 rings (SSSR count). The number of carbonyl (C=O) groups excluding carboxylic acids is 2. The van der Waals surface area contributed by atoms with Gasteiger partial charge >= 0.3 is 0 Å². The van der Waals surface area contributed by atoms with Gasteiger partial charge in [0.15, 0.2) is 6.29 Å². The molecule has 2 aromatic rings. The molecule has 2 amide bonds. The monoisotopic (exact) mass is 354 g/mol. The molecule has 0 aliphatic carbocycles. The lowest BCUT2D eigenvalue weighted by molar-refractivity contribution is -0.186. The van der Waals surface area contributed by atoms with Crippen molar-refractivity contribution in [1.82, 2.24) is 5.48 Å². The third-order valence-corrected chi connectivity index (χ3v) is 4.20. The molecule has 2 N–H and O–H groups in total. The van der Waals surface area contributed by atoms with Crippen LogP contribution in [0.25, 0.3) is 0 Å². The fourth-order valence-electron chi connectivity index (χ4n) is 2.66. The van der Waals surface area contributed by atoms with E-state index in [1.54, 1.807) is 42.5 Å². The predicted molar refractivity (Wildman–Crippen MR) is 97.7 cm³/mol. The van der Waals surface area contributed by atoms with E-state index < -0.39 is 6.29 Å². The molecule has 1 fully saturated rings. The summed E-state index contributed by atoms with van der Waals surface area (Å²) in [5.41, 5.74) is 4.82. The highest BCUT2D eigenvalue weighted by Crippen LogP contribution is 2.19. The first-order chi connectivity index (χ1) is 12.6. The van der Waals surface area contributed by atoms with Crippen LogP contribution in [0, 0.1) is 6.92 Å². The van der Waals surface area contributed by atoms with E-state index in [4.69, 9.17) is 9.57 Å². The van der Waals surface area contributed by atoms with E-state index in [2.05, 4.69) is 10.8 Å². The van der Waals surface area contributed by atoms with Gasteiger partial charge in [0.05, 0.1) is 0 Å². The third kappa shape index (κ3) is 4.68. The van der Waals surface area contributed by atoms with Crippen molar-refractivity contribution in [2.45, 2.75) is 32.5 Å². The van der Waals surface area contributed by atoms with Gasteiger partial charge in [0, 0.05) is 29.8 Å². The van der Waals surface area contributed by atoms with E-state index in [9.17, 15) is 9.59 Å². The molecule has 1 saturated heterocycles. The fraction of sp³-hybridized carbons (Fsp3) is 0.300. The van der Waals surface area contributed by atoms with E-state index in [1.165, 1.54) is 0 Å². The average molecular weight is 354 g/mol. The van der Waals surface area contributed by atoms with Crippen molar-refractivity contribution in [3.63, 3.8) is 0 Å². The number of benzene rings is 2. The minimum Gasteiger partial charge on any atom is -0.350 e. The van der Waals surface area contributed by atoms with Gasteiger partial charge in [0.1, 0.15) is 0 Å². The summed E-state index contributed by atoms with van der Waals surface area (Å²) in [6.07, 6.45) is 2.37. The summed E-state index contributed by atoms with van der Waals surface area (Å²) in [7, 11) is 0. The molecule has 6 nitrogen and oxygen atoms in total. The van der Waals surface area contributed by atoms with Gasteiger partial charge in [-0.2, -0.15) is 0 Å². The van der Waals surface area contributed by atoms with Crippen LogP contribution in [0.2, 0.25) is 0 Å². The number of anilines is 1. The summed E-state index contributed by atoms with van der Waals surface area (Å²) in [5.74, 6) is -0.604. The number of ether oxygens (including phenoxy) is 1. The molecule has 2 aromatic carbocycles. The number of nitrogens with one attached hydrogen (secondary N) is 2. The second kappa shape index (κ2) is 8.60. The predicted octanol–water partition coefficient (Wildman–Crippen LogP) is 3.44. The Hall–Kier alpha value is -2.70. The maximum Gasteiger partial charge on any atom is 0.275 e. The molecule has 26 heavy (non-hydrogen) atoms. The second-order valence-electron chi connectivity index (χ2n) is 6.20. The Morgan fingerprint density at radius 2 is 1.85 bits per heavy atom. The SMILES string of the molecule is Cc1ccc(C(=O)NOC2CCCCO2)cc1NC(=O)c1ccccc1. The minimum absolute atomic E-state index is 0.224. The Morgan fingerprint density at radius 1 is 1.04 bits per heavy atom. The molecule has 0 spiro atoms. The zero-order valence-electron chi connectivity index (χ0n) is 14.7. The molecule has 1 atom stereocenters. The van der Waals surface area contributed by atoms with Crippen molar-refractivity contribution < 1.29 is 19.2 Å². The maximum absolute atomic E-state index is 12.3. The Morgan fingerprint density at radius 3 is 2.58 bits per heavy atom. The van der Waals surface area contributed by atoms with Gasteiger partial charge in [-0.05, 0) is 49.6 Å². The highest BCUT2D eigenvalue weighted by Gasteiger charge is 2.17. The zero-order chi connectivity index (χ0) is 18.4. The smallest absolute Gasteiger partial charge is 0.275 e. The number of carbonyl (C=O) groups is 2. The van der Waals surface area contributed by atoms with Crippen molar-refractivity contribution in [3.8, 4) is 0 Å². The molecule has 1 unspecified atom stereocenters. The fourth-order valence-corrected chi connectivity index (χ4v) is 2.66. The first-order valence-corrected chi connectivity index (χ1v) is 8.68. The van der Waals surface area contributed by atoms with Crippen LogP contribution in [-0.2, 0) is 9.57 Å². The molecule has 0 radical (unpaired) electrons. The lowest BCUT2D eigenvalue weighted by atomic mass is 10.1. The summed E-state index contributed by atoms with van der Waals surface area (Å²) in [4.78, 5) is 29.9. The van der Waals surface area contributed by atoms with Crippen LogP contribution in [0.15, 0.2) is 48.5 Å². The van der Waals surface area contributed by atoms with Crippen molar-refractivity contribution in [3.05, 3.63) is 65.2 Å². The first-order valence-electron chi connectivity index (χ1n) is 8.68. The van der Waals surface area contributed by atoms with Gasteiger partial charge in [-0.15, -0.1) is 0 Å². The topological polar surface area (TPSA) is 76.7 Å². The molecule has 6 heteroatoms. The molecular formula is C20H22N2O4. The summed E-state index contributed by atoms with van der Waals surface area (Å²) >= 11 is 0. The van der Waals surface area contributed by atoms with Gasteiger partial charge in [-0.3, -0.25) is 9.59 Å². The van der Waals surface area contributed by atoms with E-state index in [0.717, 1.165) is 24.8 Å². The van der Waals surface area contributed by atoms with Gasteiger partial charge in [0.25, 0.3) is 11.8 Å². The van der Waals surface area contributed by atoms with Crippen molar-refractivity contribution in [1.29, 1.82) is 0 Å². The largest absolute Gasteiger partial charge is 0.350 e. The van der Waals surface area contributed by atoms with Crippen LogP contribution < -0.4 is 10.8 Å². The second-order valence-corrected chi connectivity index (χ2v) is 6.20. The van der Waals surface area contributed by atoms with Gasteiger partial charge in [-0.25, -0.2) is 10.3 Å². The molecule has 1 aliphatic heterocycles. The van der Waals surface area contributed by atoms with Crippen LogP contribution >= 0.6 is 0 Å². The number of hydrogen-bond acceptors (Lipinski definition) is 4. The van der Waals surface area contributed by atoms with Crippen molar-refractivity contribution in [2.75, 3.05) is 11.9 Å². The third-order valence-electron chi connectivity index (χ3n) is 4.20.